The van der Waals surface area contributed by atoms with Crippen molar-refractivity contribution in [3.63, 3.8) is 0 Å². The number of amides is 2. The Morgan fingerprint density at radius 3 is 2.56 bits per heavy atom. The van der Waals surface area contributed by atoms with E-state index in [0.29, 0.717) is 0 Å². The number of nitrogens with two attached hydrogens (primary N) is 1. The third kappa shape index (κ3) is 3.95. The van der Waals surface area contributed by atoms with Crippen LogP contribution in [0.2, 0.25) is 0 Å². The summed E-state index contributed by atoms with van der Waals surface area (Å²) >= 11 is 0. The maximum Gasteiger partial charge on any atom is 0.237 e. The van der Waals surface area contributed by atoms with E-state index in [2.05, 4.69) is 0 Å². The summed E-state index contributed by atoms with van der Waals surface area (Å²) in [7, 11) is 1.65. The van der Waals surface area contributed by atoms with Crippen LogP contribution in [0.25, 0.3) is 0 Å². The largest absolute Gasteiger partial charge is 0.497 e. The molecule has 6 nitrogen and oxygen atoms in total. The first-order valence-electron chi connectivity index (χ1n) is 9.07. The van der Waals surface area contributed by atoms with Gasteiger partial charge in [0.25, 0.3) is 0 Å². The van der Waals surface area contributed by atoms with E-state index in [1.165, 1.54) is 0 Å². The molecule has 2 N–H and O–H groups in total. The maximum atomic E-state index is 12.9. The summed E-state index contributed by atoms with van der Waals surface area (Å²) in [6.45, 7) is 1.81. The molecule has 0 saturated carbocycles. The Morgan fingerprint density at radius 1 is 1.12 bits per heavy atom. The van der Waals surface area contributed by atoms with Crippen LogP contribution < -0.4 is 10.5 Å². The zero-order valence-electron chi connectivity index (χ0n) is 14.8. The number of rotatable bonds is 5. The van der Waals surface area contributed by atoms with Gasteiger partial charge in [0.2, 0.25) is 11.8 Å². The summed E-state index contributed by atoms with van der Waals surface area (Å²) in [5.41, 5.74) is 6.65. The van der Waals surface area contributed by atoms with Gasteiger partial charge in [-0.15, -0.1) is 0 Å². The first-order chi connectivity index (χ1) is 12.1. The molecular formula is C19H27N3O3. The topological polar surface area (TPSA) is 75.9 Å². The number of methoxy groups -OCH3 is 1. The molecule has 2 heterocycles. The lowest BCUT2D eigenvalue weighted by molar-refractivity contribution is -0.136. The van der Waals surface area contributed by atoms with Crippen LogP contribution in [0, 0.1) is 0 Å². The summed E-state index contributed by atoms with van der Waals surface area (Å²) in [4.78, 5) is 28.5. The molecule has 2 fully saturated rings. The van der Waals surface area contributed by atoms with Crippen LogP contribution in [0.5, 0.6) is 5.75 Å². The highest BCUT2D eigenvalue weighted by Crippen LogP contribution is 2.33. The molecule has 0 bridgehead atoms. The number of carbonyl (C=O) groups is 2. The molecular weight excluding hydrogens is 318 g/mol. The highest BCUT2D eigenvalue weighted by atomic mass is 16.5. The van der Waals surface area contributed by atoms with E-state index in [0.717, 1.165) is 56.5 Å². The third-order valence-corrected chi connectivity index (χ3v) is 5.35. The van der Waals surface area contributed by atoms with E-state index in [4.69, 9.17) is 10.5 Å². The fraction of sp³-hybridized carbons (Fsp3) is 0.579. The molecule has 3 rings (SSSR count). The lowest BCUT2D eigenvalue weighted by Crippen LogP contribution is -2.51. The maximum absolute atomic E-state index is 12.9. The Labute approximate surface area is 148 Å². The summed E-state index contributed by atoms with van der Waals surface area (Å²) in [5, 5.41) is 0. The predicted molar refractivity (Wildman–Crippen MR) is 95.1 cm³/mol. The van der Waals surface area contributed by atoms with Crippen LogP contribution in [0.15, 0.2) is 24.3 Å². The number of carbonyl (C=O) groups excluding carboxylic acids is 2. The van der Waals surface area contributed by atoms with Crippen molar-refractivity contribution in [2.45, 2.75) is 44.2 Å². The third-order valence-electron chi connectivity index (χ3n) is 5.35. The molecule has 2 aliphatic rings. The lowest BCUT2D eigenvalue weighted by Gasteiger charge is -2.35. The van der Waals surface area contributed by atoms with Crippen LogP contribution in [-0.2, 0) is 9.59 Å². The molecule has 2 amide bonds. The molecule has 6 heteroatoms. The van der Waals surface area contributed by atoms with E-state index < -0.39 is 0 Å². The van der Waals surface area contributed by atoms with Crippen molar-refractivity contribution in [2.24, 2.45) is 5.73 Å². The van der Waals surface area contributed by atoms with Crippen LogP contribution in [0.4, 0.5) is 0 Å². The number of piperidine rings is 1. The van der Waals surface area contributed by atoms with Crippen LogP contribution in [0.1, 0.15) is 43.7 Å². The van der Waals surface area contributed by atoms with Gasteiger partial charge in [-0.3, -0.25) is 14.5 Å². The minimum absolute atomic E-state index is 0.0893. The first-order valence-corrected chi connectivity index (χ1v) is 9.07. The van der Waals surface area contributed by atoms with Crippen molar-refractivity contribution in [1.82, 2.24) is 9.80 Å². The molecule has 1 aromatic carbocycles. The molecule has 0 radical (unpaired) electrons. The number of hydrogen-bond acceptors (Lipinski definition) is 4. The van der Waals surface area contributed by atoms with Gasteiger partial charge in [-0.2, -0.15) is 0 Å². The molecule has 0 spiro atoms. The molecule has 0 aliphatic carbocycles. The highest BCUT2D eigenvalue weighted by Gasteiger charge is 2.34. The van der Waals surface area contributed by atoms with Gasteiger partial charge in [0, 0.05) is 6.54 Å². The second-order valence-electron chi connectivity index (χ2n) is 6.90. The van der Waals surface area contributed by atoms with Crippen LogP contribution in [0.3, 0.4) is 0 Å². The number of likely N-dealkylation sites (tertiary alicyclic amines) is 2. The van der Waals surface area contributed by atoms with Gasteiger partial charge >= 0.3 is 0 Å². The first kappa shape index (κ1) is 17.7. The van der Waals surface area contributed by atoms with Crippen LogP contribution >= 0.6 is 0 Å². The summed E-state index contributed by atoms with van der Waals surface area (Å²) < 4.78 is 5.21. The Kier molecular flexibility index (Phi) is 5.58. The van der Waals surface area contributed by atoms with Crippen molar-refractivity contribution in [3.8, 4) is 5.75 Å². The molecule has 0 aromatic heterocycles. The fourth-order valence-corrected chi connectivity index (χ4v) is 4.00. The van der Waals surface area contributed by atoms with Gasteiger partial charge in [0.15, 0.2) is 0 Å². The number of nitrogens with zero attached hydrogens (tertiary/aromatic N) is 2. The van der Waals surface area contributed by atoms with Gasteiger partial charge in [-0.05, 0) is 49.9 Å². The quantitative estimate of drug-likeness (QED) is 0.881. The van der Waals surface area contributed by atoms with E-state index >= 15 is 0 Å². The van der Waals surface area contributed by atoms with Gasteiger partial charge in [0.05, 0.1) is 25.7 Å². The van der Waals surface area contributed by atoms with E-state index in [9.17, 15) is 9.59 Å². The second kappa shape index (κ2) is 7.87. The summed E-state index contributed by atoms with van der Waals surface area (Å²) in [6, 6.07) is 7.73. The van der Waals surface area contributed by atoms with Gasteiger partial charge in [-0.25, -0.2) is 0 Å². The standard InChI is InChI=1S/C19H27N3O3/c1-25-15-9-7-14(8-10-15)16-6-4-12-22(16)18(23)13-21-11-3-2-5-17(21)19(20)24/h7-10,16-17H,2-6,11-13H2,1H3,(H2,20,24). The van der Waals surface area contributed by atoms with E-state index in [1.807, 2.05) is 34.1 Å². The zero-order valence-corrected chi connectivity index (χ0v) is 14.8. The Bertz CT molecular complexity index is 617. The number of ether oxygens (including phenoxy) is 1. The normalized spacial score (nSPS) is 24.3. The lowest BCUT2D eigenvalue weighted by atomic mass is 10.0. The fourth-order valence-electron chi connectivity index (χ4n) is 4.00. The SMILES string of the molecule is COc1ccc(C2CCCN2C(=O)CN2CCCCC2C(N)=O)cc1. The van der Waals surface area contributed by atoms with Crippen molar-refractivity contribution < 1.29 is 14.3 Å². The Morgan fingerprint density at radius 2 is 1.88 bits per heavy atom. The van der Waals surface area contributed by atoms with Gasteiger partial charge < -0.3 is 15.4 Å². The Balaban J connectivity index is 1.68. The average molecular weight is 345 g/mol. The molecule has 2 atom stereocenters. The van der Waals surface area contributed by atoms with Crippen molar-refractivity contribution in [1.29, 1.82) is 0 Å². The van der Waals surface area contributed by atoms with Crippen molar-refractivity contribution in [3.05, 3.63) is 29.8 Å². The number of benzene rings is 1. The van der Waals surface area contributed by atoms with Crippen LogP contribution in [-0.4, -0.2) is 54.4 Å². The molecule has 2 aliphatic heterocycles. The molecule has 136 valence electrons. The molecule has 25 heavy (non-hydrogen) atoms. The summed E-state index contributed by atoms with van der Waals surface area (Å²) in [5.74, 6) is 0.587. The van der Waals surface area contributed by atoms with Gasteiger partial charge in [0.1, 0.15) is 5.75 Å². The monoisotopic (exact) mass is 345 g/mol. The average Bonchev–Trinajstić information content (AvgIpc) is 3.12. The second-order valence-corrected chi connectivity index (χ2v) is 6.90. The highest BCUT2D eigenvalue weighted by molar-refractivity contribution is 5.83. The number of primary amides is 1. The Hall–Kier alpha value is -2.08. The predicted octanol–water partition coefficient (Wildman–Crippen LogP) is 1.70. The molecule has 1 aromatic rings. The van der Waals surface area contributed by atoms with Crippen molar-refractivity contribution >= 4 is 11.8 Å². The minimum atomic E-state index is -0.319. The molecule has 2 unspecified atom stereocenters. The zero-order chi connectivity index (χ0) is 17.8. The summed E-state index contributed by atoms with van der Waals surface area (Å²) in [6.07, 6.45) is 4.74. The number of hydrogen-bond donors (Lipinski definition) is 1. The molecule has 2 saturated heterocycles. The van der Waals surface area contributed by atoms with E-state index in [-0.39, 0.29) is 30.4 Å². The van der Waals surface area contributed by atoms with E-state index in [1.54, 1.807) is 7.11 Å². The smallest absolute Gasteiger partial charge is 0.237 e. The van der Waals surface area contributed by atoms with Crippen molar-refractivity contribution in [2.75, 3.05) is 26.7 Å². The van der Waals surface area contributed by atoms with Gasteiger partial charge in [-0.1, -0.05) is 18.6 Å². The minimum Gasteiger partial charge on any atom is -0.497 e.